The lowest BCUT2D eigenvalue weighted by molar-refractivity contribution is 0.194. The molecule has 0 radical (unpaired) electrons. The van der Waals surface area contributed by atoms with E-state index in [1.165, 1.54) is 0 Å². The molecule has 0 fully saturated rings. The lowest BCUT2D eigenvalue weighted by atomic mass is 10.1. The van der Waals surface area contributed by atoms with Crippen LogP contribution in [0.25, 0.3) is 11.4 Å². The summed E-state index contributed by atoms with van der Waals surface area (Å²) in [5.41, 5.74) is 2.07. The normalized spacial score (nSPS) is 10.3. The quantitative estimate of drug-likeness (QED) is 0.852. The van der Waals surface area contributed by atoms with Gasteiger partial charge in [0.2, 0.25) is 0 Å². The number of hydrogen-bond acceptors (Lipinski definition) is 3. The van der Waals surface area contributed by atoms with Gasteiger partial charge in [0, 0.05) is 19.2 Å². The van der Waals surface area contributed by atoms with Crippen LogP contribution in [0.2, 0.25) is 0 Å². The minimum atomic E-state index is -0.995. The van der Waals surface area contributed by atoms with Crippen LogP contribution in [0.4, 0.5) is 4.79 Å². The number of carbonyl (C=O) groups is 1. The zero-order valence-corrected chi connectivity index (χ0v) is 10.00. The summed E-state index contributed by atoms with van der Waals surface area (Å²) in [6, 6.07) is 7.85. The molecule has 0 bridgehead atoms. The number of hydrogen-bond donors (Lipinski definition) is 2. The Morgan fingerprint density at radius 2 is 2.11 bits per heavy atom. The van der Waals surface area contributed by atoms with Crippen molar-refractivity contribution in [3.63, 3.8) is 0 Å². The Hall–Kier alpha value is -2.37. The molecule has 18 heavy (non-hydrogen) atoms. The van der Waals surface area contributed by atoms with Crippen LogP contribution in [0.15, 0.2) is 30.6 Å². The molecule has 2 aromatic rings. The number of rotatable bonds is 4. The molecule has 0 aliphatic heterocycles. The van der Waals surface area contributed by atoms with E-state index in [2.05, 4.69) is 15.5 Å². The molecular formula is C12H14N4O2. The van der Waals surface area contributed by atoms with E-state index in [1.54, 1.807) is 6.33 Å². The summed E-state index contributed by atoms with van der Waals surface area (Å²) >= 11 is 0. The van der Waals surface area contributed by atoms with Crippen LogP contribution in [0.5, 0.6) is 0 Å². The van der Waals surface area contributed by atoms with Gasteiger partial charge in [0.25, 0.3) is 0 Å². The van der Waals surface area contributed by atoms with Gasteiger partial charge < -0.3 is 15.0 Å². The third kappa shape index (κ3) is 2.85. The van der Waals surface area contributed by atoms with Crippen molar-refractivity contribution in [1.82, 2.24) is 20.1 Å². The van der Waals surface area contributed by atoms with Crippen molar-refractivity contribution in [1.29, 1.82) is 0 Å². The first-order valence-electron chi connectivity index (χ1n) is 5.57. The lowest BCUT2D eigenvalue weighted by Crippen LogP contribution is -2.23. The fourth-order valence-electron chi connectivity index (χ4n) is 1.68. The first kappa shape index (κ1) is 12.1. The maximum Gasteiger partial charge on any atom is 0.404 e. The molecule has 1 aromatic heterocycles. The average Bonchev–Trinajstić information content (AvgIpc) is 2.76. The van der Waals surface area contributed by atoms with Gasteiger partial charge in [-0.3, -0.25) is 0 Å². The number of nitrogens with zero attached hydrogens (tertiary/aromatic N) is 3. The van der Waals surface area contributed by atoms with Crippen LogP contribution in [0.3, 0.4) is 0 Å². The third-order valence-electron chi connectivity index (χ3n) is 2.61. The summed E-state index contributed by atoms with van der Waals surface area (Å²) in [5.74, 6) is 0.810. The molecule has 2 rings (SSSR count). The molecule has 0 saturated carbocycles. The van der Waals surface area contributed by atoms with E-state index >= 15 is 0 Å². The topological polar surface area (TPSA) is 80.0 Å². The van der Waals surface area contributed by atoms with Crippen molar-refractivity contribution in [2.75, 3.05) is 6.54 Å². The van der Waals surface area contributed by atoms with Gasteiger partial charge in [-0.2, -0.15) is 0 Å². The molecule has 0 spiro atoms. The van der Waals surface area contributed by atoms with Crippen molar-refractivity contribution in [3.05, 3.63) is 36.2 Å². The fourth-order valence-corrected chi connectivity index (χ4v) is 1.68. The van der Waals surface area contributed by atoms with Crippen molar-refractivity contribution in [3.8, 4) is 11.4 Å². The Bertz CT molecular complexity index is 533. The molecule has 1 amide bonds. The van der Waals surface area contributed by atoms with E-state index < -0.39 is 6.09 Å². The second-order valence-electron chi connectivity index (χ2n) is 3.94. The predicted octanol–water partition coefficient (Wildman–Crippen LogP) is 1.29. The van der Waals surface area contributed by atoms with Gasteiger partial charge in [0.1, 0.15) is 6.33 Å². The molecule has 1 heterocycles. The molecule has 0 saturated heterocycles. The van der Waals surface area contributed by atoms with Gasteiger partial charge >= 0.3 is 6.09 Å². The zero-order chi connectivity index (χ0) is 13.0. The van der Waals surface area contributed by atoms with Crippen molar-refractivity contribution < 1.29 is 9.90 Å². The number of aromatic nitrogens is 3. The monoisotopic (exact) mass is 246 g/mol. The summed E-state index contributed by atoms with van der Waals surface area (Å²) in [4.78, 5) is 10.3. The van der Waals surface area contributed by atoms with Gasteiger partial charge in [-0.25, -0.2) is 4.79 Å². The fraction of sp³-hybridized carbons (Fsp3) is 0.250. The zero-order valence-electron chi connectivity index (χ0n) is 10.00. The van der Waals surface area contributed by atoms with Crippen LogP contribution in [-0.2, 0) is 13.5 Å². The van der Waals surface area contributed by atoms with Gasteiger partial charge in [-0.05, 0) is 12.0 Å². The Morgan fingerprint density at radius 1 is 1.39 bits per heavy atom. The molecule has 6 nitrogen and oxygen atoms in total. The van der Waals surface area contributed by atoms with E-state index in [-0.39, 0.29) is 0 Å². The molecule has 0 aliphatic rings. The highest BCUT2D eigenvalue weighted by Crippen LogP contribution is 2.16. The summed E-state index contributed by atoms with van der Waals surface area (Å²) < 4.78 is 1.85. The van der Waals surface area contributed by atoms with E-state index in [0.717, 1.165) is 17.0 Å². The summed E-state index contributed by atoms with van der Waals surface area (Å²) in [6.45, 7) is 0.415. The molecule has 94 valence electrons. The second-order valence-corrected chi connectivity index (χ2v) is 3.94. The highest BCUT2D eigenvalue weighted by atomic mass is 16.4. The maximum atomic E-state index is 10.3. The van der Waals surface area contributed by atoms with Crippen molar-refractivity contribution >= 4 is 6.09 Å². The number of amides is 1. The number of benzene rings is 1. The first-order valence-corrected chi connectivity index (χ1v) is 5.57. The third-order valence-corrected chi connectivity index (χ3v) is 2.61. The number of nitrogens with one attached hydrogen (secondary N) is 1. The summed E-state index contributed by atoms with van der Waals surface area (Å²) in [5, 5.41) is 18.6. The SMILES string of the molecule is Cn1cnnc1-c1ccc(CCNC(=O)O)cc1. The average molecular weight is 246 g/mol. The maximum absolute atomic E-state index is 10.3. The van der Waals surface area contributed by atoms with E-state index in [1.807, 2.05) is 35.9 Å². The Morgan fingerprint density at radius 3 is 2.67 bits per heavy atom. The molecule has 6 heteroatoms. The standard InChI is InChI=1S/C12H14N4O2/c1-16-8-14-15-11(16)10-4-2-9(3-5-10)6-7-13-12(17)18/h2-5,8,13H,6-7H2,1H3,(H,17,18). The van der Waals surface area contributed by atoms with E-state index in [9.17, 15) is 4.79 Å². The van der Waals surface area contributed by atoms with Crippen molar-refractivity contribution in [2.45, 2.75) is 6.42 Å². The molecule has 1 aromatic carbocycles. The Kier molecular flexibility index (Phi) is 3.57. The first-order chi connectivity index (χ1) is 8.66. The predicted molar refractivity (Wildman–Crippen MR) is 66.2 cm³/mol. The van der Waals surface area contributed by atoms with Gasteiger partial charge in [0.05, 0.1) is 0 Å². The molecule has 0 atom stereocenters. The molecule has 2 N–H and O–H groups in total. The largest absolute Gasteiger partial charge is 0.465 e. The van der Waals surface area contributed by atoms with Crippen LogP contribution in [0.1, 0.15) is 5.56 Å². The van der Waals surface area contributed by atoms with E-state index in [4.69, 9.17) is 5.11 Å². The molecule has 0 aliphatic carbocycles. The minimum absolute atomic E-state index is 0.415. The van der Waals surface area contributed by atoms with Crippen LogP contribution in [-0.4, -0.2) is 32.5 Å². The van der Waals surface area contributed by atoms with Crippen molar-refractivity contribution in [2.24, 2.45) is 7.05 Å². The van der Waals surface area contributed by atoms with Crippen LogP contribution >= 0.6 is 0 Å². The minimum Gasteiger partial charge on any atom is -0.465 e. The van der Waals surface area contributed by atoms with Gasteiger partial charge in [0.15, 0.2) is 5.82 Å². The van der Waals surface area contributed by atoms with Crippen LogP contribution in [0, 0.1) is 0 Å². The van der Waals surface area contributed by atoms with Gasteiger partial charge in [-0.15, -0.1) is 10.2 Å². The smallest absolute Gasteiger partial charge is 0.404 e. The van der Waals surface area contributed by atoms with E-state index in [0.29, 0.717) is 13.0 Å². The van der Waals surface area contributed by atoms with Gasteiger partial charge in [-0.1, -0.05) is 24.3 Å². The van der Waals surface area contributed by atoms with Crippen LogP contribution < -0.4 is 5.32 Å². The Balaban J connectivity index is 2.02. The lowest BCUT2D eigenvalue weighted by Gasteiger charge is -2.04. The molecular weight excluding hydrogens is 232 g/mol. The molecule has 0 unspecified atom stereocenters. The number of carboxylic acid groups (broad SMARTS) is 1. The number of aryl methyl sites for hydroxylation is 1. The summed E-state index contributed by atoms with van der Waals surface area (Å²) in [6.07, 6.45) is 1.33. The summed E-state index contributed by atoms with van der Waals surface area (Å²) in [7, 11) is 1.89. The second kappa shape index (κ2) is 5.31. The highest BCUT2D eigenvalue weighted by Gasteiger charge is 2.04. The highest BCUT2D eigenvalue weighted by molar-refractivity contribution is 5.64. The Labute approximate surface area is 104 Å².